The third kappa shape index (κ3) is 3.87. The van der Waals surface area contributed by atoms with Crippen LogP contribution in [0.1, 0.15) is 15.9 Å². The molecule has 1 heterocycles. The van der Waals surface area contributed by atoms with Gasteiger partial charge in [-0.3, -0.25) is 4.79 Å². The Kier molecular flexibility index (Phi) is 4.92. The predicted octanol–water partition coefficient (Wildman–Crippen LogP) is 4.29. The number of para-hydroxylation sites is 3. The van der Waals surface area contributed by atoms with Gasteiger partial charge >= 0.3 is 0 Å². The highest BCUT2D eigenvalue weighted by Gasteiger charge is 2.22. The molecule has 5 heteroatoms. The molecular formula is C22H19NO4. The lowest BCUT2D eigenvalue weighted by atomic mass is 10.1. The molecule has 0 saturated carbocycles. The van der Waals surface area contributed by atoms with Crippen LogP contribution in [-0.2, 0) is 6.42 Å². The molecule has 0 aromatic heterocycles. The summed E-state index contributed by atoms with van der Waals surface area (Å²) in [4.78, 5) is 12.7. The standard InChI is InChI=1S/C22H19NO4/c24-22(17-9-6-12-20-21(17)27-15-26-20)23-18-10-4-5-11-19(18)25-14-13-16-7-2-1-3-8-16/h1-12H,13-15H2,(H,23,24). The van der Waals surface area contributed by atoms with Crippen molar-refractivity contribution in [2.24, 2.45) is 0 Å². The number of anilines is 1. The average molecular weight is 361 g/mol. The molecule has 3 aromatic rings. The van der Waals surface area contributed by atoms with E-state index in [0.29, 0.717) is 35.1 Å². The highest BCUT2D eigenvalue weighted by Crippen LogP contribution is 2.36. The topological polar surface area (TPSA) is 56.8 Å². The van der Waals surface area contributed by atoms with Crippen molar-refractivity contribution in [1.82, 2.24) is 0 Å². The molecule has 5 nitrogen and oxygen atoms in total. The van der Waals surface area contributed by atoms with Crippen molar-refractivity contribution >= 4 is 11.6 Å². The molecule has 0 saturated heterocycles. The number of nitrogens with one attached hydrogen (secondary N) is 1. The fourth-order valence-electron chi connectivity index (χ4n) is 2.92. The summed E-state index contributed by atoms with van der Waals surface area (Å²) in [6, 6.07) is 22.8. The summed E-state index contributed by atoms with van der Waals surface area (Å²) >= 11 is 0. The number of rotatable bonds is 6. The third-order valence-electron chi connectivity index (χ3n) is 4.27. The second kappa shape index (κ2) is 7.83. The Labute approximate surface area is 157 Å². The molecule has 3 aromatic carbocycles. The Morgan fingerprint density at radius 1 is 0.926 bits per heavy atom. The molecule has 0 fully saturated rings. The zero-order valence-electron chi connectivity index (χ0n) is 14.7. The van der Waals surface area contributed by atoms with Gasteiger partial charge in [0.15, 0.2) is 11.5 Å². The van der Waals surface area contributed by atoms with Gasteiger partial charge in [0.1, 0.15) is 5.75 Å². The quantitative estimate of drug-likeness (QED) is 0.712. The maximum atomic E-state index is 12.7. The van der Waals surface area contributed by atoms with Crippen LogP contribution in [0.2, 0.25) is 0 Å². The Bertz CT molecular complexity index is 940. The lowest BCUT2D eigenvalue weighted by Gasteiger charge is -2.13. The first kappa shape index (κ1) is 17.0. The molecule has 1 aliphatic rings. The van der Waals surface area contributed by atoms with Gasteiger partial charge in [-0.2, -0.15) is 0 Å². The van der Waals surface area contributed by atoms with Gasteiger partial charge in [-0.25, -0.2) is 0 Å². The highest BCUT2D eigenvalue weighted by molar-refractivity contribution is 6.07. The molecular weight excluding hydrogens is 342 g/mol. The van der Waals surface area contributed by atoms with Crippen LogP contribution in [-0.4, -0.2) is 19.3 Å². The summed E-state index contributed by atoms with van der Waals surface area (Å²) in [5, 5.41) is 2.91. The Balaban J connectivity index is 1.45. The van der Waals surface area contributed by atoms with Crippen molar-refractivity contribution in [1.29, 1.82) is 0 Å². The molecule has 27 heavy (non-hydrogen) atoms. The summed E-state index contributed by atoms with van der Waals surface area (Å²) < 4.78 is 16.6. The van der Waals surface area contributed by atoms with Crippen LogP contribution in [0.5, 0.6) is 17.2 Å². The van der Waals surface area contributed by atoms with E-state index in [2.05, 4.69) is 17.4 Å². The van der Waals surface area contributed by atoms with Gasteiger partial charge in [-0.15, -0.1) is 0 Å². The van der Waals surface area contributed by atoms with Gasteiger partial charge in [-0.05, 0) is 29.8 Å². The van der Waals surface area contributed by atoms with Gasteiger partial charge < -0.3 is 19.5 Å². The van der Waals surface area contributed by atoms with E-state index in [1.807, 2.05) is 42.5 Å². The Morgan fingerprint density at radius 3 is 2.63 bits per heavy atom. The summed E-state index contributed by atoms with van der Waals surface area (Å²) in [6.45, 7) is 0.646. The third-order valence-corrected chi connectivity index (χ3v) is 4.27. The van der Waals surface area contributed by atoms with Gasteiger partial charge in [-0.1, -0.05) is 48.5 Å². The predicted molar refractivity (Wildman–Crippen MR) is 103 cm³/mol. The van der Waals surface area contributed by atoms with Crippen LogP contribution in [0.15, 0.2) is 72.8 Å². The molecule has 0 unspecified atom stereocenters. The van der Waals surface area contributed by atoms with Crippen LogP contribution >= 0.6 is 0 Å². The van der Waals surface area contributed by atoms with E-state index in [9.17, 15) is 4.79 Å². The number of carbonyl (C=O) groups is 1. The largest absolute Gasteiger partial charge is 0.491 e. The van der Waals surface area contributed by atoms with Crippen molar-refractivity contribution in [3.8, 4) is 17.2 Å². The van der Waals surface area contributed by atoms with Crippen molar-refractivity contribution in [3.63, 3.8) is 0 Å². The fraction of sp³-hybridized carbons (Fsp3) is 0.136. The van der Waals surface area contributed by atoms with E-state index < -0.39 is 0 Å². The van der Waals surface area contributed by atoms with E-state index in [1.54, 1.807) is 18.2 Å². The zero-order chi connectivity index (χ0) is 18.5. The molecule has 0 atom stereocenters. The molecule has 4 rings (SSSR count). The van der Waals surface area contributed by atoms with Gasteiger partial charge in [0.25, 0.3) is 5.91 Å². The number of carbonyl (C=O) groups excluding carboxylic acids is 1. The first-order valence-corrected chi connectivity index (χ1v) is 8.77. The minimum absolute atomic E-state index is 0.124. The molecule has 0 spiro atoms. The van der Waals surface area contributed by atoms with Crippen molar-refractivity contribution < 1.29 is 19.0 Å². The van der Waals surface area contributed by atoms with Crippen LogP contribution < -0.4 is 19.5 Å². The second-order valence-corrected chi connectivity index (χ2v) is 6.07. The minimum atomic E-state index is -0.267. The number of hydrogen-bond acceptors (Lipinski definition) is 4. The number of benzene rings is 3. The van der Waals surface area contributed by atoms with Crippen LogP contribution in [0.4, 0.5) is 5.69 Å². The fourth-order valence-corrected chi connectivity index (χ4v) is 2.92. The zero-order valence-corrected chi connectivity index (χ0v) is 14.7. The Hall–Kier alpha value is -3.47. The summed E-state index contributed by atoms with van der Waals surface area (Å²) in [5.41, 5.74) is 2.26. The van der Waals surface area contributed by atoms with Gasteiger partial charge in [0.05, 0.1) is 17.9 Å². The lowest BCUT2D eigenvalue weighted by Crippen LogP contribution is -2.14. The number of fused-ring (bicyclic) bond motifs is 1. The van der Waals surface area contributed by atoms with Crippen molar-refractivity contribution in [2.75, 3.05) is 18.7 Å². The smallest absolute Gasteiger partial charge is 0.259 e. The van der Waals surface area contributed by atoms with Gasteiger partial charge in [0, 0.05) is 6.42 Å². The summed E-state index contributed by atoms with van der Waals surface area (Å²) in [6.07, 6.45) is 0.792. The van der Waals surface area contributed by atoms with E-state index >= 15 is 0 Å². The monoisotopic (exact) mass is 361 g/mol. The summed E-state index contributed by atoms with van der Waals surface area (Å²) in [7, 11) is 0. The molecule has 136 valence electrons. The number of hydrogen-bond donors (Lipinski definition) is 1. The molecule has 0 radical (unpaired) electrons. The normalized spacial score (nSPS) is 11.9. The van der Waals surface area contributed by atoms with E-state index in [-0.39, 0.29) is 12.7 Å². The van der Waals surface area contributed by atoms with Crippen LogP contribution in [0.25, 0.3) is 0 Å². The van der Waals surface area contributed by atoms with Crippen LogP contribution in [0, 0.1) is 0 Å². The first-order valence-electron chi connectivity index (χ1n) is 8.77. The maximum absolute atomic E-state index is 12.7. The van der Waals surface area contributed by atoms with Crippen LogP contribution in [0.3, 0.4) is 0 Å². The molecule has 1 amide bonds. The van der Waals surface area contributed by atoms with E-state index in [1.165, 1.54) is 5.56 Å². The summed E-state index contributed by atoms with van der Waals surface area (Å²) in [5.74, 6) is 1.41. The number of ether oxygens (including phenoxy) is 3. The molecule has 0 aliphatic carbocycles. The first-order chi connectivity index (χ1) is 13.3. The number of amides is 1. The van der Waals surface area contributed by atoms with Crippen molar-refractivity contribution in [3.05, 3.63) is 83.9 Å². The average Bonchev–Trinajstić information content (AvgIpc) is 3.19. The second-order valence-electron chi connectivity index (χ2n) is 6.07. The SMILES string of the molecule is O=C(Nc1ccccc1OCCc1ccccc1)c1cccc2c1OCO2. The molecule has 0 bridgehead atoms. The van der Waals surface area contributed by atoms with Crippen molar-refractivity contribution in [2.45, 2.75) is 6.42 Å². The molecule has 1 N–H and O–H groups in total. The van der Waals surface area contributed by atoms with E-state index in [0.717, 1.165) is 6.42 Å². The highest BCUT2D eigenvalue weighted by atomic mass is 16.7. The lowest BCUT2D eigenvalue weighted by molar-refractivity contribution is 0.102. The Morgan fingerprint density at radius 2 is 1.74 bits per heavy atom. The van der Waals surface area contributed by atoms with Gasteiger partial charge in [0.2, 0.25) is 6.79 Å². The minimum Gasteiger partial charge on any atom is -0.491 e. The molecule has 1 aliphatic heterocycles. The maximum Gasteiger partial charge on any atom is 0.259 e. The van der Waals surface area contributed by atoms with E-state index in [4.69, 9.17) is 14.2 Å².